The van der Waals surface area contributed by atoms with E-state index < -0.39 is 17.1 Å². The van der Waals surface area contributed by atoms with Crippen molar-refractivity contribution >= 4 is 17.2 Å². The Hall–Kier alpha value is -1.72. The van der Waals surface area contributed by atoms with Gasteiger partial charge in [0.25, 0.3) is 0 Å². The topological polar surface area (TPSA) is 27.1 Å². The number of halogens is 3. The van der Waals surface area contributed by atoms with Crippen LogP contribution in [0, 0.1) is 5.82 Å². The Kier molecular flexibility index (Phi) is 5.32. The van der Waals surface area contributed by atoms with Crippen molar-refractivity contribution in [1.29, 1.82) is 0 Å². The molecule has 1 aliphatic heterocycles. The van der Waals surface area contributed by atoms with E-state index in [0.717, 1.165) is 24.8 Å². The molecule has 2 aromatic rings. The standard InChI is InChI=1S/C22H25ClF2N2O/c1-2-16-13-28-21(8-4-3-5-9-21)22(25,14-27-11-10-26-15-27)20(16)18-7-6-17(23)12-19(18)24/h6-7,10-12,15H,2-5,8-9,13-14H2,1H3. The number of imidazole rings is 1. The quantitative estimate of drug-likeness (QED) is 0.624. The van der Waals surface area contributed by atoms with Gasteiger partial charge < -0.3 is 9.30 Å². The number of ether oxygens (including phenoxy) is 1. The number of nitrogens with zero attached hydrogens (tertiary/aromatic N) is 2. The van der Waals surface area contributed by atoms with Crippen LogP contribution in [0.1, 0.15) is 51.0 Å². The van der Waals surface area contributed by atoms with Crippen molar-refractivity contribution in [2.24, 2.45) is 0 Å². The molecule has 3 nitrogen and oxygen atoms in total. The molecule has 150 valence electrons. The van der Waals surface area contributed by atoms with Gasteiger partial charge in [-0.2, -0.15) is 0 Å². The van der Waals surface area contributed by atoms with E-state index in [9.17, 15) is 4.39 Å². The largest absolute Gasteiger partial charge is 0.367 e. The highest BCUT2D eigenvalue weighted by molar-refractivity contribution is 6.30. The van der Waals surface area contributed by atoms with Gasteiger partial charge in [0.15, 0.2) is 5.67 Å². The van der Waals surface area contributed by atoms with Gasteiger partial charge in [-0.3, -0.25) is 0 Å². The van der Waals surface area contributed by atoms with Gasteiger partial charge in [0.2, 0.25) is 0 Å². The zero-order valence-corrected chi connectivity index (χ0v) is 16.8. The smallest absolute Gasteiger partial charge is 0.183 e. The van der Waals surface area contributed by atoms with Crippen LogP contribution in [0.5, 0.6) is 0 Å². The van der Waals surface area contributed by atoms with Gasteiger partial charge in [0.05, 0.1) is 19.5 Å². The SMILES string of the molecule is CCC1=C(c2ccc(Cl)cc2F)C(F)(Cn2ccnc2)C2(CCCCC2)OC1. The van der Waals surface area contributed by atoms with Crippen LogP contribution in [-0.4, -0.2) is 27.4 Å². The lowest BCUT2D eigenvalue weighted by molar-refractivity contribution is -0.151. The molecule has 1 aliphatic carbocycles. The summed E-state index contributed by atoms with van der Waals surface area (Å²) in [5.74, 6) is -0.492. The van der Waals surface area contributed by atoms with Crippen LogP contribution in [0.2, 0.25) is 5.02 Å². The first kappa shape index (κ1) is 19.6. The summed E-state index contributed by atoms with van der Waals surface area (Å²) in [6, 6.07) is 4.49. The second-order valence-electron chi connectivity index (χ2n) is 7.84. The molecule has 1 spiro atoms. The Bertz CT molecular complexity index is 875. The molecule has 1 aromatic heterocycles. The van der Waals surface area contributed by atoms with E-state index in [1.165, 1.54) is 6.07 Å². The maximum Gasteiger partial charge on any atom is 0.183 e. The van der Waals surface area contributed by atoms with E-state index in [1.54, 1.807) is 35.4 Å². The van der Waals surface area contributed by atoms with Crippen molar-refractivity contribution in [3.8, 4) is 0 Å². The van der Waals surface area contributed by atoms with Crippen LogP contribution in [0.4, 0.5) is 8.78 Å². The lowest BCUT2D eigenvalue weighted by Crippen LogP contribution is -2.59. The van der Waals surface area contributed by atoms with Gasteiger partial charge in [-0.1, -0.05) is 43.9 Å². The Morgan fingerprint density at radius 1 is 1.25 bits per heavy atom. The van der Waals surface area contributed by atoms with Gasteiger partial charge in [-0.15, -0.1) is 0 Å². The van der Waals surface area contributed by atoms with Crippen LogP contribution in [0.25, 0.3) is 5.57 Å². The molecule has 0 radical (unpaired) electrons. The fourth-order valence-electron chi connectivity index (χ4n) is 4.81. The summed E-state index contributed by atoms with van der Waals surface area (Å²) in [4.78, 5) is 4.07. The number of rotatable bonds is 4. The second-order valence-corrected chi connectivity index (χ2v) is 8.27. The molecule has 2 aliphatic rings. The van der Waals surface area contributed by atoms with Gasteiger partial charge in [-0.25, -0.2) is 13.8 Å². The molecule has 1 fully saturated rings. The second kappa shape index (κ2) is 7.60. The molecule has 28 heavy (non-hydrogen) atoms. The van der Waals surface area contributed by atoms with E-state index in [-0.39, 0.29) is 12.1 Å². The zero-order valence-electron chi connectivity index (χ0n) is 16.1. The number of hydrogen-bond acceptors (Lipinski definition) is 2. The fourth-order valence-corrected chi connectivity index (χ4v) is 4.97. The molecule has 6 heteroatoms. The predicted octanol–water partition coefficient (Wildman–Crippen LogP) is 5.98. The minimum atomic E-state index is -1.85. The summed E-state index contributed by atoms with van der Waals surface area (Å²) in [5, 5.41) is 0.304. The van der Waals surface area contributed by atoms with Crippen LogP contribution in [0.3, 0.4) is 0 Å². The summed E-state index contributed by atoms with van der Waals surface area (Å²) >= 11 is 5.97. The van der Waals surface area contributed by atoms with Gasteiger partial charge >= 0.3 is 0 Å². The summed E-state index contributed by atoms with van der Waals surface area (Å²) in [7, 11) is 0. The molecule has 1 atom stereocenters. The first-order valence-corrected chi connectivity index (χ1v) is 10.3. The van der Waals surface area contributed by atoms with Crippen molar-refractivity contribution in [3.63, 3.8) is 0 Å². The minimum absolute atomic E-state index is 0.0495. The van der Waals surface area contributed by atoms with Crippen LogP contribution >= 0.6 is 11.6 Å². The molecular formula is C22H25ClF2N2O. The highest BCUT2D eigenvalue weighted by atomic mass is 35.5. The normalized spacial score (nSPS) is 24.7. The third kappa shape index (κ3) is 3.18. The highest BCUT2D eigenvalue weighted by Gasteiger charge is 2.59. The first-order valence-electron chi connectivity index (χ1n) is 9.96. The Morgan fingerprint density at radius 2 is 2.04 bits per heavy atom. The molecule has 0 bridgehead atoms. The third-order valence-electron chi connectivity index (χ3n) is 6.24. The van der Waals surface area contributed by atoms with Crippen LogP contribution < -0.4 is 0 Å². The first-order chi connectivity index (χ1) is 13.5. The van der Waals surface area contributed by atoms with Crippen molar-refractivity contribution < 1.29 is 13.5 Å². The van der Waals surface area contributed by atoms with Crippen molar-refractivity contribution in [2.45, 2.75) is 63.3 Å². The van der Waals surface area contributed by atoms with E-state index in [0.29, 0.717) is 36.5 Å². The Labute approximate surface area is 169 Å². The number of benzene rings is 1. The lowest BCUT2D eigenvalue weighted by atomic mass is 9.66. The fraction of sp³-hybridized carbons (Fsp3) is 0.500. The third-order valence-corrected chi connectivity index (χ3v) is 6.48. The van der Waals surface area contributed by atoms with Crippen molar-refractivity contribution in [2.75, 3.05) is 6.61 Å². The molecule has 1 saturated carbocycles. The average molecular weight is 407 g/mol. The van der Waals surface area contributed by atoms with Crippen molar-refractivity contribution in [3.05, 3.63) is 58.9 Å². The number of hydrogen-bond donors (Lipinski definition) is 0. The van der Waals surface area contributed by atoms with Gasteiger partial charge in [-0.05, 0) is 37.0 Å². The van der Waals surface area contributed by atoms with Gasteiger partial charge in [0.1, 0.15) is 11.4 Å². The van der Waals surface area contributed by atoms with Crippen LogP contribution in [0.15, 0.2) is 42.5 Å². The highest BCUT2D eigenvalue weighted by Crippen LogP contribution is 2.54. The summed E-state index contributed by atoms with van der Waals surface area (Å²) in [5.41, 5.74) is -1.27. The molecule has 4 rings (SSSR count). The van der Waals surface area contributed by atoms with E-state index >= 15 is 4.39 Å². The van der Waals surface area contributed by atoms with Crippen LogP contribution in [-0.2, 0) is 11.3 Å². The molecule has 0 N–H and O–H groups in total. The Balaban J connectivity index is 1.92. The van der Waals surface area contributed by atoms with Gasteiger partial charge in [0, 0.05) is 28.6 Å². The molecule has 1 unspecified atom stereocenters. The van der Waals surface area contributed by atoms with E-state index in [4.69, 9.17) is 16.3 Å². The Morgan fingerprint density at radius 3 is 2.68 bits per heavy atom. The summed E-state index contributed by atoms with van der Waals surface area (Å²) in [6.07, 6.45) is 9.74. The number of aromatic nitrogens is 2. The van der Waals surface area contributed by atoms with Crippen molar-refractivity contribution in [1.82, 2.24) is 9.55 Å². The lowest BCUT2D eigenvalue weighted by Gasteiger charge is -2.52. The van der Waals surface area contributed by atoms with E-state index in [1.807, 2.05) is 6.92 Å². The molecule has 0 saturated heterocycles. The summed E-state index contributed by atoms with van der Waals surface area (Å²) in [6.45, 7) is 2.35. The molecule has 0 amide bonds. The predicted molar refractivity (Wildman–Crippen MR) is 106 cm³/mol. The monoisotopic (exact) mass is 406 g/mol. The van der Waals surface area contributed by atoms with E-state index in [2.05, 4.69) is 4.98 Å². The molecule has 1 aromatic carbocycles. The number of alkyl halides is 1. The molecule has 2 heterocycles. The zero-order chi connectivity index (χ0) is 19.8. The average Bonchev–Trinajstić information content (AvgIpc) is 3.18. The minimum Gasteiger partial charge on any atom is -0.367 e. The maximum absolute atomic E-state index is 17.3. The maximum atomic E-state index is 17.3. The molecular weight excluding hydrogens is 382 g/mol. The summed E-state index contributed by atoms with van der Waals surface area (Å²) < 4.78 is 40.3.